The van der Waals surface area contributed by atoms with E-state index in [1.807, 2.05) is 43.0 Å². The zero-order chi connectivity index (χ0) is 14.5. The fourth-order valence-electron chi connectivity index (χ4n) is 2.60. The molecule has 0 bridgehead atoms. The Morgan fingerprint density at radius 3 is 2.60 bits per heavy atom. The summed E-state index contributed by atoms with van der Waals surface area (Å²) in [5.41, 5.74) is 1.67. The molecular weight excluding hydrogens is 252 g/mol. The van der Waals surface area contributed by atoms with E-state index in [1.54, 1.807) is 0 Å². The van der Waals surface area contributed by atoms with E-state index in [1.165, 1.54) is 0 Å². The van der Waals surface area contributed by atoms with Crippen LogP contribution < -0.4 is 5.32 Å². The number of morpholine rings is 1. The number of benzene rings is 1. The molecule has 1 saturated heterocycles. The monoisotopic (exact) mass is 276 g/mol. The lowest BCUT2D eigenvalue weighted by Gasteiger charge is -2.35. The standard InChI is InChI=1S/C16H24N2O2/c1-4-9-17-15-8-6-5-7-14(15)16(19)18-10-12(2)20-13(3)11-18/h5-8,12-13,17H,4,9-11H2,1-3H3/t12-,13+. The van der Waals surface area contributed by atoms with Gasteiger partial charge in [-0.25, -0.2) is 0 Å². The fraction of sp³-hybridized carbons (Fsp3) is 0.562. The van der Waals surface area contributed by atoms with Gasteiger partial charge in [0.25, 0.3) is 5.91 Å². The molecule has 0 saturated carbocycles. The number of rotatable bonds is 4. The molecule has 2 atom stereocenters. The average molecular weight is 276 g/mol. The Hall–Kier alpha value is -1.55. The highest BCUT2D eigenvalue weighted by atomic mass is 16.5. The highest BCUT2D eigenvalue weighted by Gasteiger charge is 2.27. The molecule has 0 spiro atoms. The summed E-state index contributed by atoms with van der Waals surface area (Å²) in [7, 11) is 0. The van der Waals surface area contributed by atoms with Crippen molar-refractivity contribution in [2.24, 2.45) is 0 Å². The predicted molar refractivity (Wildman–Crippen MR) is 81.1 cm³/mol. The van der Waals surface area contributed by atoms with Crippen LogP contribution in [0.5, 0.6) is 0 Å². The Labute approximate surface area is 121 Å². The van der Waals surface area contributed by atoms with E-state index in [0.29, 0.717) is 13.1 Å². The number of para-hydroxylation sites is 1. The molecule has 1 amide bonds. The van der Waals surface area contributed by atoms with E-state index in [4.69, 9.17) is 4.74 Å². The van der Waals surface area contributed by atoms with Crippen molar-refractivity contribution < 1.29 is 9.53 Å². The minimum atomic E-state index is 0.0891. The fourth-order valence-corrected chi connectivity index (χ4v) is 2.60. The molecule has 4 nitrogen and oxygen atoms in total. The van der Waals surface area contributed by atoms with E-state index < -0.39 is 0 Å². The van der Waals surface area contributed by atoms with Crippen LogP contribution in [0.15, 0.2) is 24.3 Å². The Balaban J connectivity index is 2.15. The molecule has 1 heterocycles. The summed E-state index contributed by atoms with van der Waals surface area (Å²) in [4.78, 5) is 14.6. The first kappa shape index (κ1) is 14.9. The number of hydrogen-bond acceptors (Lipinski definition) is 3. The van der Waals surface area contributed by atoms with Gasteiger partial charge in [0.2, 0.25) is 0 Å². The lowest BCUT2D eigenvalue weighted by atomic mass is 10.1. The number of anilines is 1. The van der Waals surface area contributed by atoms with Gasteiger partial charge in [0.1, 0.15) is 0 Å². The molecule has 2 rings (SSSR count). The zero-order valence-corrected chi connectivity index (χ0v) is 12.6. The molecule has 1 N–H and O–H groups in total. The number of amides is 1. The topological polar surface area (TPSA) is 41.6 Å². The van der Waals surface area contributed by atoms with Gasteiger partial charge >= 0.3 is 0 Å². The van der Waals surface area contributed by atoms with Gasteiger partial charge in [0.15, 0.2) is 0 Å². The summed E-state index contributed by atoms with van der Waals surface area (Å²) in [5.74, 6) is 0.0891. The van der Waals surface area contributed by atoms with E-state index >= 15 is 0 Å². The Morgan fingerprint density at radius 2 is 1.95 bits per heavy atom. The highest BCUT2D eigenvalue weighted by molar-refractivity contribution is 5.99. The van der Waals surface area contributed by atoms with Crippen LogP contribution in [0.4, 0.5) is 5.69 Å². The third-order valence-electron chi connectivity index (χ3n) is 3.43. The van der Waals surface area contributed by atoms with Crippen molar-refractivity contribution in [2.45, 2.75) is 39.4 Å². The molecule has 20 heavy (non-hydrogen) atoms. The smallest absolute Gasteiger partial charge is 0.256 e. The predicted octanol–water partition coefficient (Wildman–Crippen LogP) is 2.76. The van der Waals surface area contributed by atoms with Gasteiger partial charge in [-0.3, -0.25) is 4.79 Å². The van der Waals surface area contributed by atoms with Crippen LogP contribution in [0.25, 0.3) is 0 Å². The molecule has 0 unspecified atom stereocenters. The van der Waals surface area contributed by atoms with Gasteiger partial charge in [0.05, 0.1) is 17.8 Å². The Kier molecular flexibility index (Phi) is 5.01. The second kappa shape index (κ2) is 6.75. The van der Waals surface area contributed by atoms with Crippen molar-refractivity contribution in [2.75, 3.05) is 25.0 Å². The zero-order valence-electron chi connectivity index (χ0n) is 12.6. The average Bonchev–Trinajstić information content (AvgIpc) is 2.43. The van der Waals surface area contributed by atoms with E-state index in [2.05, 4.69) is 12.2 Å². The van der Waals surface area contributed by atoms with Gasteiger partial charge in [0, 0.05) is 25.3 Å². The quantitative estimate of drug-likeness (QED) is 0.919. The molecule has 1 aromatic carbocycles. The minimum absolute atomic E-state index is 0.0891. The highest BCUT2D eigenvalue weighted by Crippen LogP contribution is 2.20. The molecule has 1 aromatic rings. The van der Waals surface area contributed by atoms with Crippen molar-refractivity contribution in [3.05, 3.63) is 29.8 Å². The molecule has 1 aliphatic rings. The summed E-state index contributed by atoms with van der Waals surface area (Å²) in [6.07, 6.45) is 1.23. The van der Waals surface area contributed by atoms with Gasteiger partial charge in [-0.15, -0.1) is 0 Å². The van der Waals surface area contributed by atoms with Crippen molar-refractivity contribution in [3.63, 3.8) is 0 Å². The Morgan fingerprint density at radius 1 is 1.30 bits per heavy atom. The molecule has 110 valence electrons. The van der Waals surface area contributed by atoms with Gasteiger partial charge < -0.3 is 15.0 Å². The SMILES string of the molecule is CCCNc1ccccc1C(=O)N1C[C@@H](C)O[C@@H](C)C1. The molecule has 0 aromatic heterocycles. The van der Waals surface area contributed by atoms with E-state index in [0.717, 1.165) is 24.2 Å². The number of ether oxygens (including phenoxy) is 1. The number of nitrogens with one attached hydrogen (secondary N) is 1. The maximum atomic E-state index is 12.7. The first-order valence-electron chi connectivity index (χ1n) is 7.39. The normalized spacial score (nSPS) is 22.6. The van der Waals surface area contributed by atoms with Crippen LogP contribution in [0.2, 0.25) is 0 Å². The minimum Gasteiger partial charge on any atom is -0.384 e. The second-order valence-corrected chi connectivity index (χ2v) is 5.44. The van der Waals surface area contributed by atoms with Crippen molar-refractivity contribution in [1.29, 1.82) is 0 Å². The van der Waals surface area contributed by atoms with Crippen LogP contribution in [-0.2, 0) is 4.74 Å². The summed E-state index contributed by atoms with van der Waals surface area (Å²) in [6, 6.07) is 7.73. The molecule has 1 fully saturated rings. The van der Waals surface area contributed by atoms with Gasteiger partial charge in [-0.1, -0.05) is 19.1 Å². The van der Waals surface area contributed by atoms with Crippen LogP contribution in [0, 0.1) is 0 Å². The largest absolute Gasteiger partial charge is 0.384 e. The molecule has 1 aliphatic heterocycles. The van der Waals surface area contributed by atoms with Crippen molar-refractivity contribution in [1.82, 2.24) is 4.90 Å². The van der Waals surface area contributed by atoms with Crippen molar-refractivity contribution >= 4 is 11.6 Å². The summed E-state index contributed by atoms with van der Waals surface area (Å²) < 4.78 is 5.69. The third kappa shape index (κ3) is 3.51. The lowest BCUT2D eigenvalue weighted by molar-refractivity contribution is -0.0585. The third-order valence-corrected chi connectivity index (χ3v) is 3.43. The maximum absolute atomic E-state index is 12.7. The number of carbonyl (C=O) groups excluding carboxylic acids is 1. The lowest BCUT2D eigenvalue weighted by Crippen LogP contribution is -2.48. The van der Waals surface area contributed by atoms with E-state index in [9.17, 15) is 4.79 Å². The Bertz CT molecular complexity index is 452. The first-order valence-corrected chi connectivity index (χ1v) is 7.39. The maximum Gasteiger partial charge on any atom is 0.256 e. The van der Waals surface area contributed by atoms with Crippen LogP contribution >= 0.6 is 0 Å². The van der Waals surface area contributed by atoms with Crippen LogP contribution in [0.3, 0.4) is 0 Å². The second-order valence-electron chi connectivity index (χ2n) is 5.44. The summed E-state index contributed by atoms with van der Waals surface area (Å²) >= 11 is 0. The van der Waals surface area contributed by atoms with Gasteiger partial charge in [-0.2, -0.15) is 0 Å². The molecule has 0 radical (unpaired) electrons. The molecular formula is C16H24N2O2. The number of carbonyl (C=O) groups is 1. The summed E-state index contributed by atoms with van der Waals surface area (Å²) in [5, 5.41) is 3.33. The van der Waals surface area contributed by atoms with Crippen molar-refractivity contribution in [3.8, 4) is 0 Å². The van der Waals surface area contributed by atoms with E-state index in [-0.39, 0.29) is 18.1 Å². The first-order chi connectivity index (χ1) is 9.61. The number of hydrogen-bond donors (Lipinski definition) is 1. The van der Waals surface area contributed by atoms with Gasteiger partial charge in [-0.05, 0) is 32.4 Å². The molecule has 0 aliphatic carbocycles. The van der Waals surface area contributed by atoms with Crippen LogP contribution in [-0.4, -0.2) is 42.6 Å². The molecule has 4 heteroatoms. The summed E-state index contributed by atoms with van der Waals surface area (Å²) in [6.45, 7) is 8.33. The number of nitrogens with zero attached hydrogens (tertiary/aromatic N) is 1. The van der Waals surface area contributed by atoms with Crippen LogP contribution in [0.1, 0.15) is 37.6 Å².